The zero-order chi connectivity index (χ0) is 20.1. The number of carbonyl (C=O) groups is 1. The molecule has 7 heteroatoms. The molecule has 1 N–H and O–H groups in total. The van der Waals surface area contributed by atoms with E-state index in [2.05, 4.69) is 15.5 Å². The topological polar surface area (TPSA) is 73.3 Å². The van der Waals surface area contributed by atoms with E-state index in [4.69, 9.17) is 9.47 Å². The van der Waals surface area contributed by atoms with Crippen LogP contribution in [0.1, 0.15) is 19.3 Å². The molecular weight excluding hydrogens is 373 g/mol. The Bertz CT molecular complexity index is 960. The van der Waals surface area contributed by atoms with Crippen molar-refractivity contribution in [2.45, 2.75) is 25.4 Å². The van der Waals surface area contributed by atoms with Crippen LogP contribution in [0.15, 0.2) is 60.7 Å². The van der Waals surface area contributed by atoms with Crippen molar-refractivity contribution in [3.63, 3.8) is 0 Å². The minimum Gasteiger partial charge on any atom is -0.481 e. The van der Waals surface area contributed by atoms with Crippen LogP contribution in [0.2, 0.25) is 0 Å². The second-order valence-corrected chi connectivity index (χ2v) is 6.73. The number of ether oxygens (including phenoxy) is 2. The van der Waals surface area contributed by atoms with Gasteiger partial charge in [-0.2, -0.15) is 0 Å². The summed E-state index contributed by atoms with van der Waals surface area (Å²) >= 11 is 0. The summed E-state index contributed by atoms with van der Waals surface area (Å²) in [5, 5.41) is 11.0. The molecule has 0 spiro atoms. The third-order valence-corrected chi connectivity index (χ3v) is 4.59. The molecule has 0 saturated carbocycles. The molecule has 0 bridgehead atoms. The van der Waals surface area contributed by atoms with E-state index in [1.54, 1.807) is 48.5 Å². The highest BCUT2D eigenvalue weighted by molar-refractivity contribution is 5.81. The Morgan fingerprint density at radius 2 is 1.66 bits per heavy atom. The number of hydrogen-bond donors (Lipinski definition) is 1. The minimum absolute atomic E-state index is 0.0701. The third kappa shape index (κ3) is 4.87. The van der Waals surface area contributed by atoms with Crippen molar-refractivity contribution in [3.05, 3.63) is 66.5 Å². The van der Waals surface area contributed by atoms with Gasteiger partial charge in [0.1, 0.15) is 17.3 Å². The van der Waals surface area contributed by atoms with E-state index in [0.29, 0.717) is 36.0 Å². The predicted octanol–water partition coefficient (Wildman–Crippen LogP) is 4.12. The molecule has 3 aromatic rings. The number of nitrogens with one attached hydrogen (secondary N) is 1. The molecule has 1 aromatic heterocycles. The number of amides is 1. The van der Waals surface area contributed by atoms with E-state index in [1.807, 2.05) is 0 Å². The van der Waals surface area contributed by atoms with Gasteiger partial charge in [0.2, 0.25) is 5.88 Å². The van der Waals surface area contributed by atoms with Crippen LogP contribution in [-0.4, -0.2) is 28.8 Å². The summed E-state index contributed by atoms with van der Waals surface area (Å²) in [6, 6.07) is 16.5. The van der Waals surface area contributed by atoms with Gasteiger partial charge in [0.25, 0.3) is 5.91 Å². The van der Waals surface area contributed by atoms with Gasteiger partial charge in [0.05, 0.1) is 5.69 Å². The SMILES string of the molecule is O=C1NCCCCC1Oc1ccc(Oc2ccc(-c3ccc(F)cc3)nn2)cc1. The zero-order valence-electron chi connectivity index (χ0n) is 15.7. The van der Waals surface area contributed by atoms with Gasteiger partial charge in [-0.25, -0.2) is 4.39 Å². The lowest BCUT2D eigenvalue weighted by atomic mass is 10.1. The molecule has 0 radical (unpaired) electrons. The van der Waals surface area contributed by atoms with Crippen molar-refractivity contribution in [2.24, 2.45) is 0 Å². The fraction of sp³-hybridized carbons (Fsp3) is 0.227. The molecule has 1 amide bonds. The average Bonchev–Trinajstić information content (AvgIpc) is 2.95. The lowest BCUT2D eigenvalue weighted by molar-refractivity contribution is -0.127. The monoisotopic (exact) mass is 393 g/mol. The van der Waals surface area contributed by atoms with Crippen LogP contribution in [0.4, 0.5) is 4.39 Å². The molecular formula is C22H20FN3O3. The number of aromatic nitrogens is 2. The maximum Gasteiger partial charge on any atom is 0.261 e. The highest BCUT2D eigenvalue weighted by Gasteiger charge is 2.22. The minimum atomic E-state index is -0.464. The second-order valence-electron chi connectivity index (χ2n) is 6.73. The van der Waals surface area contributed by atoms with Crippen LogP contribution in [0.3, 0.4) is 0 Å². The van der Waals surface area contributed by atoms with Crippen molar-refractivity contribution in [3.8, 4) is 28.6 Å². The Hall–Kier alpha value is -3.48. The molecule has 1 saturated heterocycles. The molecule has 0 aliphatic carbocycles. The molecule has 1 fully saturated rings. The van der Waals surface area contributed by atoms with Gasteiger partial charge < -0.3 is 14.8 Å². The Balaban J connectivity index is 1.38. The molecule has 1 aliphatic heterocycles. The molecule has 29 heavy (non-hydrogen) atoms. The molecule has 6 nitrogen and oxygen atoms in total. The highest BCUT2D eigenvalue weighted by Crippen LogP contribution is 2.25. The first-order valence-corrected chi connectivity index (χ1v) is 9.49. The summed E-state index contributed by atoms with van der Waals surface area (Å²) in [7, 11) is 0. The number of nitrogens with zero attached hydrogens (tertiary/aromatic N) is 2. The van der Waals surface area contributed by atoms with Crippen molar-refractivity contribution in [1.82, 2.24) is 15.5 Å². The number of halogens is 1. The number of rotatable bonds is 5. The van der Waals surface area contributed by atoms with Crippen LogP contribution in [0.5, 0.6) is 17.4 Å². The van der Waals surface area contributed by atoms with E-state index in [0.717, 1.165) is 18.4 Å². The van der Waals surface area contributed by atoms with Crippen LogP contribution in [0.25, 0.3) is 11.3 Å². The quantitative estimate of drug-likeness (QED) is 0.706. The van der Waals surface area contributed by atoms with Crippen molar-refractivity contribution in [2.75, 3.05) is 6.54 Å². The molecule has 148 valence electrons. The van der Waals surface area contributed by atoms with Crippen LogP contribution < -0.4 is 14.8 Å². The summed E-state index contributed by atoms with van der Waals surface area (Å²) < 4.78 is 24.5. The van der Waals surface area contributed by atoms with Gasteiger partial charge in [-0.15, -0.1) is 10.2 Å². The maximum absolute atomic E-state index is 13.0. The van der Waals surface area contributed by atoms with Gasteiger partial charge in [0.15, 0.2) is 6.10 Å². The maximum atomic E-state index is 13.0. The van der Waals surface area contributed by atoms with E-state index in [-0.39, 0.29) is 11.7 Å². The lowest BCUT2D eigenvalue weighted by Gasteiger charge is -2.16. The Kier molecular flexibility index (Phi) is 5.65. The second kappa shape index (κ2) is 8.68. The molecule has 4 rings (SSSR count). The predicted molar refractivity (Wildman–Crippen MR) is 105 cm³/mol. The summed E-state index contributed by atoms with van der Waals surface area (Å²) in [5.41, 5.74) is 1.40. The molecule has 2 aromatic carbocycles. The Labute approximate surface area is 167 Å². The standard InChI is InChI=1S/C22H20FN3O3/c23-16-6-4-15(5-7-16)19-12-13-21(26-25-19)29-18-10-8-17(9-11-18)28-20-3-1-2-14-24-22(20)27/h4-13,20H,1-3,14H2,(H,24,27). The van der Waals surface area contributed by atoms with E-state index >= 15 is 0 Å². The molecule has 1 atom stereocenters. The lowest BCUT2D eigenvalue weighted by Crippen LogP contribution is -2.36. The van der Waals surface area contributed by atoms with Crippen molar-refractivity contribution in [1.29, 1.82) is 0 Å². The Morgan fingerprint density at radius 1 is 0.897 bits per heavy atom. The van der Waals surface area contributed by atoms with Crippen molar-refractivity contribution < 1.29 is 18.7 Å². The summed E-state index contributed by atoms with van der Waals surface area (Å²) in [4.78, 5) is 12.0. The van der Waals surface area contributed by atoms with Crippen LogP contribution >= 0.6 is 0 Å². The highest BCUT2D eigenvalue weighted by atomic mass is 19.1. The van der Waals surface area contributed by atoms with Gasteiger partial charge in [-0.05, 0) is 73.9 Å². The normalized spacial score (nSPS) is 16.6. The van der Waals surface area contributed by atoms with E-state index < -0.39 is 6.10 Å². The smallest absolute Gasteiger partial charge is 0.261 e. The first kappa shape index (κ1) is 18.9. The third-order valence-electron chi connectivity index (χ3n) is 4.59. The summed E-state index contributed by atoms with van der Waals surface area (Å²) in [6.45, 7) is 0.701. The zero-order valence-corrected chi connectivity index (χ0v) is 15.7. The van der Waals surface area contributed by atoms with Crippen molar-refractivity contribution >= 4 is 5.91 Å². The van der Waals surface area contributed by atoms with E-state index in [9.17, 15) is 9.18 Å². The largest absolute Gasteiger partial charge is 0.481 e. The number of hydrogen-bond acceptors (Lipinski definition) is 5. The molecule has 1 aliphatic rings. The molecule has 2 heterocycles. The number of carbonyl (C=O) groups excluding carboxylic acids is 1. The van der Waals surface area contributed by atoms with Gasteiger partial charge >= 0.3 is 0 Å². The van der Waals surface area contributed by atoms with Gasteiger partial charge in [-0.3, -0.25) is 4.79 Å². The number of benzene rings is 2. The summed E-state index contributed by atoms with van der Waals surface area (Å²) in [6.07, 6.45) is 2.17. The van der Waals surface area contributed by atoms with Gasteiger partial charge in [-0.1, -0.05) is 0 Å². The average molecular weight is 393 g/mol. The first-order valence-electron chi connectivity index (χ1n) is 9.49. The Morgan fingerprint density at radius 3 is 2.38 bits per heavy atom. The van der Waals surface area contributed by atoms with E-state index in [1.165, 1.54) is 12.1 Å². The van der Waals surface area contributed by atoms with Gasteiger partial charge in [0, 0.05) is 18.2 Å². The molecule has 1 unspecified atom stereocenters. The van der Waals surface area contributed by atoms with Crippen LogP contribution in [0, 0.1) is 5.82 Å². The fourth-order valence-corrected chi connectivity index (χ4v) is 3.04. The fourth-order valence-electron chi connectivity index (χ4n) is 3.04. The van der Waals surface area contributed by atoms with Crippen LogP contribution in [-0.2, 0) is 4.79 Å². The summed E-state index contributed by atoms with van der Waals surface area (Å²) in [5.74, 6) is 1.16. The first-order chi connectivity index (χ1) is 14.2.